The Balaban J connectivity index is 3.03. The lowest BCUT2D eigenvalue weighted by atomic mass is 10.2. The largest absolute Gasteiger partial charge is 0.459 e. The number of esters is 1. The maximum atomic E-state index is 11.8. The summed E-state index contributed by atoms with van der Waals surface area (Å²) in [5.41, 5.74) is 0.350. The van der Waals surface area contributed by atoms with Gasteiger partial charge in [0.2, 0.25) is 0 Å². The van der Waals surface area contributed by atoms with Gasteiger partial charge in [0.1, 0.15) is 0 Å². The molecule has 0 saturated carbocycles. The van der Waals surface area contributed by atoms with E-state index in [1.54, 1.807) is 26.0 Å². The van der Waals surface area contributed by atoms with E-state index < -0.39 is 16.2 Å². The molecule has 0 saturated heterocycles. The van der Waals surface area contributed by atoms with E-state index in [9.17, 15) is 13.2 Å². The fourth-order valence-electron chi connectivity index (χ4n) is 1.22. The third kappa shape index (κ3) is 4.01. The first-order valence-corrected chi connectivity index (χ1v) is 6.85. The molecule has 1 rings (SSSR count). The summed E-state index contributed by atoms with van der Waals surface area (Å²) < 4.78 is 32.2. The highest BCUT2D eigenvalue weighted by Gasteiger charge is 2.16. The molecule has 0 aliphatic carbocycles. The predicted molar refractivity (Wildman–Crippen MR) is 68.6 cm³/mol. The number of hydrogen-bond donors (Lipinski definition) is 2. The van der Waals surface area contributed by atoms with Crippen molar-refractivity contribution < 1.29 is 17.9 Å². The quantitative estimate of drug-likeness (QED) is 0.787. The minimum atomic E-state index is -3.66. The van der Waals surface area contributed by atoms with Gasteiger partial charge in [0.05, 0.1) is 17.4 Å². The molecule has 0 atom stereocenters. The highest BCUT2D eigenvalue weighted by Crippen LogP contribution is 2.17. The Labute approximate surface area is 107 Å². The first kappa shape index (κ1) is 14.5. The summed E-state index contributed by atoms with van der Waals surface area (Å²) in [6, 6.07) is 6.25. The molecule has 7 heteroatoms. The van der Waals surface area contributed by atoms with Gasteiger partial charge >= 0.3 is 5.97 Å². The summed E-state index contributed by atoms with van der Waals surface area (Å²) in [6.45, 7) is 3.44. The van der Waals surface area contributed by atoms with Crippen LogP contribution in [0.1, 0.15) is 24.2 Å². The van der Waals surface area contributed by atoms with Crippen molar-refractivity contribution in [3.63, 3.8) is 0 Å². The number of nitrogens with one attached hydrogen (secondary N) is 2. The van der Waals surface area contributed by atoms with Crippen LogP contribution in [0.3, 0.4) is 0 Å². The van der Waals surface area contributed by atoms with Crippen molar-refractivity contribution in [2.45, 2.75) is 20.0 Å². The number of carbonyl (C=O) groups excluding carboxylic acids is 1. The van der Waals surface area contributed by atoms with Crippen molar-refractivity contribution in [1.29, 1.82) is 0 Å². The molecule has 18 heavy (non-hydrogen) atoms. The van der Waals surface area contributed by atoms with Gasteiger partial charge in [0.15, 0.2) is 0 Å². The summed E-state index contributed by atoms with van der Waals surface area (Å²) >= 11 is 0. The van der Waals surface area contributed by atoms with E-state index in [4.69, 9.17) is 4.74 Å². The van der Waals surface area contributed by atoms with E-state index in [1.165, 1.54) is 19.2 Å². The number of rotatable bonds is 5. The molecule has 0 heterocycles. The first-order valence-electron chi connectivity index (χ1n) is 5.37. The van der Waals surface area contributed by atoms with Crippen molar-refractivity contribution >= 4 is 21.9 Å². The highest BCUT2D eigenvalue weighted by atomic mass is 32.2. The molecule has 0 aromatic heterocycles. The zero-order valence-electron chi connectivity index (χ0n) is 10.4. The molecule has 0 spiro atoms. The van der Waals surface area contributed by atoms with E-state index in [0.29, 0.717) is 0 Å². The van der Waals surface area contributed by atoms with Crippen molar-refractivity contribution in [1.82, 2.24) is 4.72 Å². The van der Waals surface area contributed by atoms with Crippen LogP contribution in [0.15, 0.2) is 24.3 Å². The van der Waals surface area contributed by atoms with Crippen molar-refractivity contribution in [3.05, 3.63) is 29.8 Å². The van der Waals surface area contributed by atoms with Crippen molar-refractivity contribution in [2.24, 2.45) is 0 Å². The summed E-state index contributed by atoms with van der Waals surface area (Å²) in [7, 11) is -2.39. The smallest absolute Gasteiger partial charge is 0.340 e. The number of hydrogen-bond acceptors (Lipinski definition) is 4. The van der Waals surface area contributed by atoms with Gasteiger partial charge < -0.3 is 4.74 Å². The number of ether oxygens (including phenoxy) is 1. The molecule has 0 aliphatic heterocycles. The Morgan fingerprint density at radius 2 is 1.89 bits per heavy atom. The molecule has 0 aliphatic rings. The van der Waals surface area contributed by atoms with Crippen LogP contribution in [0.2, 0.25) is 0 Å². The van der Waals surface area contributed by atoms with E-state index >= 15 is 0 Å². The summed E-state index contributed by atoms with van der Waals surface area (Å²) in [4.78, 5) is 11.8. The minimum Gasteiger partial charge on any atom is -0.459 e. The Hall–Kier alpha value is -1.60. The Morgan fingerprint density at radius 1 is 1.28 bits per heavy atom. The molecule has 0 radical (unpaired) electrons. The average Bonchev–Trinajstić information content (AvgIpc) is 2.28. The van der Waals surface area contributed by atoms with Crippen LogP contribution >= 0.6 is 0 Å². The fraction of sp³-hybridized carbons (Fsp3) is 0.364. The standard InChI is InChI=1S/C11H16N2O4S/c1-8(2)17-11(14)9-6-4-5-7-10(9)13-18(15,16)12-3/h4-8,12-13H,1-3H3. The Morgan fingerprint density at radius 3 is 2.44 bits per heavy atom. The van der Waals surface area contributed by atoms with E-state index in [1.807, 2.05) is 0 Å². The number of anilines is 1. The van der Waals surface area contributed by atoms with Crippen LogP contribution in [0.4, 0.5) is 5.69 Å². The minimum absolute atomic E-state index is 0.171. The SMILES string of the molecule is CNS(=O)(=O)Nc1ccccc1C(=O)OC(C)C. The zero-order valence-corrected chi connectivity index (χ0v) is 11.2. The molecule has 1 aromatic rings. The lowest BCUT2D eigenvalue weighted by molar-refractivity contribution is 0.0379. The third-order valence-corrected chi connectivity index (χ3v) is 3.03. The van der Waals surface area contributed by atoms with Crippen LogP contribution in [-0.4, -0.2) is 27.5 Å². The second-order valence-corrected chi connectivity index (χ2v) is 5.43. The maximum absolute atomic E-state index is 11.8. The summed E-state index contributed by atoms with van der Waals surface area (Å²) in [6.07, 6.45) is -0.272. The topological polar surface area (TPSA) is 84.5 Å². The van der Waals surface area contributed by atoms with Gasteiger partial charge in [0, 0.05) is 7.05 Å². The molecular formula is C11H16N2O4S. The second kappa shape index (κ2) is 5.83. The van der Waals surface area contributed by atoms with Crippen LogP contribution < -0.4 is 9.44 Å². The molecule has 0 bridgehead atoms. The Kier molecular flexibility index (Phi) is 4.69. The monoisotopic (exact) mass is 272 g/mol. The van der Waals surface area contributed by atoms with Gasteiger partial charge in [-0.05, 0) is 26.0 Å². The second-order valence-electron chi connectivity index (χ2n) is 3.81. The highest BCUT2D eigenvalue weighted by molar-refractivity contribution is 7.90. The number of para-hydroxylation sites is 1. The molecule has 2 N–H and O–H groups in total. The van der Waals surface area contributed by atoms with Crippen molar-refractivity contribution in [2.75, 3.05) is 11.8 Å². The molecular weight excluding hydrogens is 256 g/mol. The maximum Gasteiger partial charge on any atom is 0.340 e. The molecule has 0 unspecified atom stereocenters. The van der Waals surface area contributed by atoms with E-state index in [2.05, 4.69) is 9.44 Å². The van der Waals surface area contributed by atoms with E-state index in [0.717, 1.165) is 0 Å². The molecule has 0 amide bonds. The molecule has 6 nitrogen and oxygen atoms in total. The zero-order chi connectivity index (χ0) is 13.8. The first-order chi connectivity index (χ1) is 8.35. The molecule has 1 aromatic carbocycles. The van der Waals surface area contributed by atoms with Crippen LogP contribution in [-0.2, 0) is 14.9 Å². The van der Waals surface area contributed by atoms with Gasteiger partial charge in [-0.2, -0.15) is 8.42 Å². The Bertz CT molecular complexity index is 526. The van der Waals surface area contributed by atoms with Gasteiger partial charge in [0.25, 0.3) is 10.2 Å². The third-order valence-electron chi connectivity index (χ3n) is 2.00. The predicted octanol–water partition coefficient (Wildman–Crippen LogP) is 1.13. The lowest BCUT2D eigenvalue weighted by Gasteiger charge is -2.12. The van der Waals surface area contributed by atoms with Gasteiger partial charge in [-0.3, -0.25) is 4.72 Å². The lowest BCUT2D eigenvalue weighted by Crippen LogP contribution is -2.27. The normalized spacial score (nSPS) is 11.3. The summed E-state index contributed by atoms with van der Waals surface area (Å²) in [5, 5.41) is 0. The molecule has 0 fully saturated rings. The number of carbonyl (C=O) groups is 1. The van der Waals surface area contributed by atoms with E-state index in [-0.39, 0.29) is 17.4 Å². The van der Waals surface area contributed by atoms with Gasteiger partial charge in [-0.15, -0.1) is 0 Å². The molecule has 100 valence electrons. The van der Waals surface area contributed by atoms with Gasteiger partial charge in [-0.1, -0.05) is 12.1 Å². The van der Waals surface area contributed by atoms with Crippen LogP contribution in [0.25, 0.3) is 0 Å². The van der Waals surface area contributed by atoms with Gasteiger partial charge in [-0.25, -0.2) is 9.52 Å². The summed E-state index contributed by atoms with van der Waals surface area (Å²) in [5.74, 6) is -0.570. The average molecular weight is 272 g/mol. The van der Waals surface area contributed by atoms with Crippen LogP contribution in [0, 0.1) is 0 Å². The number of benzene rings is 1. The fourth-order valence-corrected chi connectivity index (χ4v) is 1.79. The van der Waals surface area contributed by atoms with Crippen LogP contribution in [0.5, 0.6) is 0 Å². The van der Waals surface area contributed by atoms with Crippen molar-refractivity contribution in [3.8, 4) is 0 Å².